The molecule has 0 bridgehead atoms. The summed E-state index contributed by atoms with van der Waals surface area (Å²) in [5.41, 5.74) is 1.26. The Kier molecular flexibility index (Phi) is 6.22. The van der Waals surface area contributed by atoms with Crippen LogP contribution in [0.15, 0.2) is 49.1 Å². The zero-order valence-electron chi connectivity index (χ0n) is 18.8. The lowest BCUT2D eigenvalue weighted by atomic mass is 9.90. The van der Waals surface area contributed by atoms with E-state index in [-0.39, 0.29) is 17.6 Å². The maximum absolute atomic E-state index is 13.5. The van der Waals surface area contributed by atoms with E-state index in [1.165, 1.54) is 6.07 Å². The van der Waals surface area contributed by atoms with Crippen molar-refractivity contribution in [1.29, 1.82) is 0 Å². The van der Waals surface area contributed by atoms with Crippen molar-refractivity contribution in [2.45, 2.75) is 43.9 Å². The molecule has 0 spiro atoms. The fourth-order valence-corrected chi connectivity index (χ4v) is 4.70. The van der Waals surface area contributed by atoms with Gasteiger partial charge in [0.05, 0.1) is 11.7 Å². The molecular weight excluding hydrogens is 479 g/mol. The number of alkyl halides is 3. The van der Waals surface area contributed by atoms with Crippen LogP contribution in [0.1, 0.15) is 31.4 Å². The summed E-state index contributed by atoms with van der Waals surface area (Å²) in [5.74, 6) is 0.659. The van der Waals surface area contributed by atoms with Gasteiger partial charge in [-0.2, -0.15) is 18.3 Å². The molecule has 11 heteroatoms. The molecule has 0 unspecified atom stereocenters. The lowest BCUT2D eigenvalue weighted by Crippen LogP contribution is -2.35. The van der Waals surface area contributed by atoms with Gasteiger partial charge >= 0.3 is 6.18 Å². The van der Waals surface area contributed by atoms with E-state index in [0.29, 0.717) is 34.0 Å². The zero-order chi connectivity index (χ0) is 24.6. The number of rotatable bonds is 5. The standard InChI is InChI=1S/C24H23ClF3N7/c1-35-13-14(12-31-35)22-23(30-8-7-29-22)33-17-4-2-3-16(10-17)32-20-11-21(24(26,27)28)34-19-6-5-15(25)9-18(19)20/h5-9,11-13,16-17H,2-4,10H2,1H3,(H,30,33)(H,32,34)/t16-,17+/m0/s1. The Morgan fingerprint density at radius 3 is 2.57 bits per heavy atom. The molecule has 1 saturated carbocycles. The number of halogens is 4. The van der Waals surface area contributed by atoms with Crippen LogP contribution in [0.25, 0.3) is 22.2 Å². The van der Waals surface area contributed by atoms with Crippen molar-refractivity contribution < 1.29 is 13.2 Å². The molecule has 1 aliphatic rings. The van der Waals surface area contributed by atoms with Crippen molar-refractivity contribution >= 4 is 34.0 Å². The summed E-state index contributed by atoms with van der Waals surface area (Å²) in [6, 6.07) is 5.81. The highest BCUT2D eigenvalue weighted by Crippen LogP contribution is 2.36. The van der Waals surface area contributed by atoms with Crippen LogP contribution >= 0.6 is 11.6 Å². The lowest BCUT2D eigenvalue weighted by molar-refractivity contribution is -0.140. The van der Waals surface area contributed by atoms with Crippen LogP contribution in [-0.2, 0) is 13.2 Å². The number of anilines is 2. The van der Waals surface area contributed by atoms with Crippen molar-refractivity contribution in [2.75, 3.05) is 10.6 Å². The third kappa shape index (κ3) is 5.17. The SMILES string of the molecule is Cn1cc(-c2nccnc2N[C@@H]2CCC[C@H](Nc3cc(C(F)(F)F)nc4ccc(Cl)cc34)C2)cn1. The molecule has 0 amide bonds. The molecule has 2 atom stereocenters. The summed E-state index contributed by atoms with van der Waals surface area (Å²) >= 11 is 6.14. The summed E-state index contributed by atoms with van der Waals surface area (Å²) in [6.45, 7) is 0. The normalized spacial score (nSPS) is 18.5. The molecule has 0 saturated heterocycles. The van der Waals surface area contributed by atoms with E-state index in [0.717, 1.165) is 30.9 Å². The number of nitrogens with zero attached hydrogens (tertiary/aromatic N) is 5. The van der Waals surface area contributed by atoms with Crippen LogP contribution in [-0.4, -0.2) is 36.8 Å². The quantitative estimate of drug-likeness (QED) is 0.352. The van der Waals surface area contributed by atoms with Crippen molar-refractivity contribution in [3.05, 3.63) is 59.8 Å². The number of aryl methyl sites for hydroxylation is 1. The molecule has 1 aromatic carbocycles. The van der Waals surface area contributed by atoms with E-state index in [2.05, 4.69) is 30.7 Å². The highest BCUT2D eigenvalue weighted by atomic mass is 35.5. The summed E-state index contributed by atoms with van der Waals surface area (Å²) in [6.07, 6.45) is 5.69. The zero-order valence-corrected chi connectivity index (χ0v) is 19.6. The smallest absolute Gasteiger partial charge is 0.382 e. The van der Waals surface area contributed by atoms with Crippen LogP contribution in [0.2, 0.25) is 5.02 Å². The van der Waals surface area contributed by atoms with Gasteiger partial charge in [-0.05, 0) is 49.9 Å². The molecule has 0 radical (unpaired) electrons. The Bertz CT molecular complexity index is 1350. The number of hydrogen-bond donors (Lipinski definition) is 2. The Labute approximate surface area is 204 Å². The van der Waals surface area contributed by atoms with Crippen LogP contribution in [0.3, 0.4) is 0 Å². The number of benzene rings is 1. The van der Waals surface area contributed by atoms with Crippen molar-refractivity contribution in [2.24, 2.45) is 7.05 Å². The number of fused-ring (bicyclic) bond motifs is 1. The van der Waals surface area contributed by atoms with Crippen molar-refractivity contribution in [1.82, 2.24) is 24.7 Å². The fourth-order valence-electron chi connectivity index (χ4n) is 4.53. The van der Waals surface area contributed by atoms with E-state index in [9.17, 15) is 13.2 Å². The van der Waals surface area contributed by atoms with Gasteiger partial charge in [0.2, 0.25) is 0 Å². The molecule has 0 aliphatic heterocycles. The van der Waals surface area contributed by atoms with Crippen molar-refractivity contribution in [3.8, 4) is 11.3 Å². The number of nitrogens with one attached hydrogen (secondary N) is 2. The van der Waals surface area contributed by atoms with Gasteiger partial charge in [-0.25, -0.2) is 9.97 Å². The molecule has 4 aromatic rings. The van der Waals surface area contributed by atoms with Gasteiger partial charge < -0.3 is 10.6 Å². The highest BCUT2D eigenvalue weighted by Gasteiger charge is 2.34. The molecule has 1 fully saturated rings. The second kappa shape index (κ2) is 9.33. The number of hydrogen-bond acceptors (Lipinski definition) is 6. The molecule has 182 valence electrons. The van der Waals surface area contributed by atoms with Crippen LogP contribution in [0.4, 0.5) is 24.7 Å². The Balaban J connectivity index is 1.38. The van der Waals surface area contributed by atoms with Gasteiger partial charge in [-0.15, -0.1) is 0 Å². The van der Waals surface area contributed by atoms with E-state index < -0.39 is 11.9 Å². The second-order valence-corrected chi connectivity index (χ2v) is 9.16. The predicted octanol–water partition coefficient (Wildman–Crippen LogP) is 5.93. The van der Waals surface area contributed by atoms with E-state index in [4.69, 9.17) is 11.6 Å². The lowest BCUT2D eigenvalue weighted by Gasteiger charge is -2.32. The largest absolute Gasteiger partial charge is 0.433 e. The molecule has 3 aromatic heterocycles. The first-order chi connectivity index (χ1) is 16.8. The van der Waals surface area contributed by atoms with Gasteiger partial charge in [0.25, 0.3) is 0 Å². The van der Waals surface area contributed by atoms with E-state index in [1.807, 2.05) is 13.2 Å². The maximum Gasteiger partial charge on any atom is 0.433 e. The molecule has 5 rings (SSSR count). The topological polar surface area (TPSA) is 80.5 Å². The first-order valence-corrected chi connectivity index (χ1v) is 11.6. The molecule has 7 nitrogen and oxygen atoms in total. The maximum atomic E-state index is 13.5. The summed E-state index contributed by atoms with van der Waals surface area (Å²) in [7, 11) is 1.84. The first-order valence-electron chi connectivity index (χ1n) is 11.3. The predicted molar refractivity (Wildman–Crippen MR) is 129 cm³/mol. The third-order valence-electron chi connectivity index (χ3n) is 6.11. The van der Waals surface area contributed by atoms with Crippen LogP contribution in [0.5, 0.6) is 0 Å². The van der Waals surface area contributed by atoms with Crippen molar-refractivity contribution in [3.63, 3.8) is 0 Å². The van der Waals surface area contributed by atoms with Gasteiger partial charge in [0.1, 0.15) is 11.4 Å². The van der Waals surface area contributed by atoms with Crippen LogP contribution in [0, 0.1) is 0 Å². The number of aromatic nitrogens is 5. The van der Waals surface area contributed by atoms with Crippen LogP contribution < -0.4 is 10.6 Å². The summed E-state index contributed by atoms with van der Waals surface area (Å²) in [4.78, 5) is 12.7. The molecule has 35 heavy (non-hydrogen) atoms. The third-order valence-corrected chi connectivity index (χ3v) is 6.35. The van der Waals surface area contributed by atoms with Gasteiger partial charge in [0.15, 0.2) is 5.82 Å². The Hall–Kier alpha value is -3.40. The second-order valence-electron chi connectivity index (χ2n) is 8.72. The minimum atomic E-state index is -4.55. The monoisotopic (exact) mass is 501 g/mol. The first kappa shape index (κ1) is 23.3. The van der Waals surface area contributed by atoms with E-state index in [1.54, 1.807) is 35.4 Å². The van der Waals surface area contributed by atoms with Gasteiger partial charge in [-0.3, -0.25) is 9.67 Å². The average Bonchev–Trinajstić information content (AvgIpc) is 3.25. The average molecular weight is 502 g/mol. The Morgan fingerprint density at radius 2 is 1.83 bits per heavy atom. The highest BCUT2D eigenvalue weighted by molar-refractivity contribution is 6.31. The Morgan fingerprint density at radius 1 is 1.06 bits per heavy atom. The van der Waals surface area contributed by atoms with E-state index >= 15 is 0 Å². The van der Waals surface area contributed by atoms with Gasteiger partial charge in [0, 0.05) is 59.4 Å². The van der Waals surface area contributed by atoms with Gasteiger partial charge in [-0.1, -0.05) is 11.6 Å². The number of pyridine rings is 1. The minimum absolute atomic E-state index is 0.0366. The summed E-state index contributed by atoms with van der Waals surface area (Å²) in [5, 5.41) is 12.0. The molecule has 1 aliphatic carbocycles. The fraction of sp³-hybridized carbons (Fsp3) is 0.333. The summed E-state index contributed by atoms with van der Waals surface area (Å²) < 4.78 is 42.2. The molecular formula is C24H23ClF3N7. The minimum Gasteiger partial charge on any atom is -0.382 e. The molecule has 2 N–H and O–H groups in total. The molecule has 3 heterocycles.